The monoisotopic (exact) mass is 656 g/mol. The van der Waals surface area contributed by atoms with Crippen LogP contribution in [-0.2, 0) is 14.3 Å². The molecule has 0 amide bonds. The highest BCUT2D eigenvalue weighted by Gasteiger charge is 2.12. The number of azide groups is 1. The second kappa shape index (κ2) is 17.8. The molecular weight excluding hydrogens is 627 g/mol. The predicted octanol–water partition coefficient (Wildman–Crippen LogP) is 9.63. The first-order valence-corrected chi connectivity index (χ1v) is 14.4. The van der Waals surface area contributed by atoms with E-state index in [9.17, 15) is 14.4 Å². The number of benzene rings is 3. The first-order chi connectivity index (χ1) is 20.9. The van der Waals surface area contributed by atoms with E-state index >= 15 is 0 Å². The van der Waals surface area contributed by atoms with E-state index in [2.05, 4.69) is 15.0 Å². The summed E-state index contributed by atoms with van der Waals surface area (Å²) in [6, 6.07) is 16.2. The van der Waals surface area contributed by atoms with Crippen LogP contribution in [0.3, 0.4) is 0 Å². The Labute approximate surface area is 270 Å². The molecule has 0 unspecified atom stereocenters. The van der Waals surface area contributed by atoms with E-state index in [1.807, 2.05) is 45.0 Å². The number of nitrogens with one attached hydrogen (secondary N) is 1. The maximum absolute atomic E-state index is 11.5. The van der Waals surface area contributed by atoms with Crippen LogP contribution in [0.15, 0.2) is 65.4 Å². The topological polar surface area (TPSA) is 134 Å². The normalized spacial score (nSPS) is 10.4. The minimum absolute atomic E-state index is 0.120. The van der Waals surface area contributed by atoms with E-state index in [1.54, 1.807) is 44.2 Å². The Morgan fingerprint density at radius 3 is 1.93 bits per heavy atom. The molecule has 3 aromatic carbocycles. The summed E-state index contributed by atoms with van der Waals surface area (Å²) in [6.45, 7) is 9.80. The lowest BCUT2D eigenvalue weighted by Gasteiger charge is -2.03. The molecule has 0 saturated heterocycles. The van der Waals surface area contributed by atoms with E-state index in [0.29, 0.717) is 38.5 Å². The molecule has 0 atom stereocenters. The van der Waals surface area contributed by atoms with Gasteiger partial charge in [-0.1, -0.05) is 58.1 Å². The third-order valence-electron chi connectivity index (χ3n) is 5.70. The molecule has 0 bridgehead atoms. The van der Waals surface area contributed by atoms with E-state index in [1.165, 1.54) is 6.08 Å². The molecule has 12 heteroatoms. The number of H-pyrrole nitrogens is 1. The SMILES string of the molecule is CCOC(=O)/C(=C/c1ccc(C)cc1Cl)N=[N+]=[N-].CCOC(=O)c1cc2c(Cl)cc(C)cc2[nH]1.Cc1ccc(C=O)c(Cl)c1. The van der Waals surface area contributed by atoms with Crippen molar-refractivity contribution in [2.45, 2.75) is 34.6 Å². The maximum Gasteiger partial charge on any atom is 0.354 e. The van der Waals surface area contributed by atoms with Gasteiger partial charge in [0, 0.05) is 26.4 Å². The third-order valence-corrected chi connectivity index (χ3v) is 6.66. The van der Waals surface area contributed by atoms with Crippen molar-refractivity contribution in [2.24, 2.45) is 5.11 Å². The summed E-state index contributed by atoms with van der Waals surface area (Å²) in [5, 5.41) is 5.79. The summed E-state index contributed by atoms with van der Waals surface area (Å²) in [5.74, 6) is -1.03. The second-order valence-electron chi connectivity index (χ2n) is 9.22. The number of esters is 2. The van der Waals surface area contributed by atoms with E-state index in [4.69, 9.17) is 49.8 Å². The first-order valence-electron chi connectivity index (χ1n) is 13.3. The van der Waals surface area contributed by atoms with Gasteiger partial charge in [-0.05, 0) is 105 Å². The summed E-state index contributed by atoms with van der Waals surface area (Å²) in [5.41, 5.74) is 13.8. The molecule has 9 nitrogen and oxygen atoms in total. The molecule has 0 aliphatic carbocycles. The summed E-state index contributed by atoms with van der Waals surface area (Å²) < 4.78 is 9.69. The molecule has 4 aromatic rings. The predicted molar refractivity (Wildman–Crippen MR) is 176 cm³/mol. The average Bonchev–Trinajstić information content (AvgIpc) is 3.40. The zero-order valence-electron chi connectivity index (χ0n) is 24.8. The van der Waals surface area contributed by atoms with Gasteiger partial charge in [-0.3, -0.25) is 4.79 Å². The van der Waals surface area contributed by atoms with Crippen molar-refractivity contribution >= 4 is 70.0 Å². The Kier molecular flexibility index (Phi) is 14.5. The van der Waals surface area contributed by atoms with Crippen molar-refractivity contribution in [3.05, 3.63) is 119 Å². The summed E-state index contributed by atoms with van der Waals surface area (Å²) in [6.07, 6.45) is 2.15. The van der Waals surface area contributed by atoms with Gasteiger partial charge >= 0.3 is 11.9 Å². The fraction of sp³-hybridized carbons (Fsp3) is 0.219. The molecule has 230 valence electrons. The number of aldehydes is 1. The third kappa shape index (κ3) is 10.8. The molecule has 0 aliphatic rings. The van der Waals surface area contributed by atoms with Gasteiger partial charge < -0.3 is 14.5 Å². The number of ether oxygens (including phenoxy) is 2. The van der Waals surface area contributed by atoms with Crippen molar-refractivity contribution in [3.63, 3.8) is 0 Å². The van der Waals surface area contributed by atoms with E-state index in [0.717, 1.165) is 33.9 Å². The molecule has 0 spiro atoms. The average molecular weight is 658 g/mol. The van der Waals surface area contributed by atoms with Gasteiger partial charge in [-0.15, -0.1) is 0 Å². The Hall–Kier alpha value is -4.27. The number of aryl methyl sites for hydroxylation is 3. The van der Waals surface area contributed by atoms with Crippen LogP contribution >= 0.6 is 34.8 Å². The minimum atomic E-state index is -0.674. The highest BCUT2D eigenvalue weighted by Crippen LogP contribution is 2.26. The number of rotatable bonds is 7. The lowest BCUT2D eigenvalue weighted by molar-refractivity contribution is -0.138. The van der Waals surface area contributed by atoms with E-state index < -0.39 is 5.97 Å². The molecule has 1 N–H and O–H groups in total. The first kappa shape index (κ1) is 35.9. The van der Waals surface area contributed by atoms with Crippen LogP contribution in [0.4, 0.5) is 0 Å². The fourth-order valence-electron chi connectivity index (χ4n) is 3.65. The molecule has 44 heavy (non-hydrogen) atoms. The Morgan fingerprint density at radius 2 is 1.41 bits per heavy atom. The van der Waals surface area contributed by atoms with Gasteiger partial charge in [-0.2, -0.15) is 0 Å². The van der Waals surface area contributed by atoms with Crippen LogP contribution < -0.4 is 0 Å². The molecular formula is C32H31Cl3N4O5. The molecule has 0 fully saturated rings. The smallest absolute Gasteiger partial charge is 0.354 e. The summed E-state index contributed by atoms with van der Waals surface area (Å²) in [7, 11) is 0. The lowest BCUT2D eigenvalue weighted by Crippen LogP contribution is -2.05. The van der Waals surface area contributed by atoms with Crippen LogP contribution in [0.2, 0.25) is 15.1 Å². The molecule has 1 aromatic heterocycles. The summed E-state index contributed by atoms with van der Waals surface area (Å²) >= 11 is 17.8. The van der Waals surface area contributed by atoms with Crippen molar-refractivity contribution < 1.29 is 23.9 Å². The number of hydrogen-bond donors (Lipinski definition) is 1. The zero-order chi connectivity index (χ0) is 32.8. The van der Waals surface area contributed by atoms with Gasteiger partial charge in [0.2, 0.25) is 0 Å². The van der Waals surface area contributed by atoms with Gasteiger partial charge in [0.05, 0.1) is 23.3 Å². The van der Waals surface area contributed by atoms with Crippen LogP contribution in [0.5, 0.6) is 0 Å². The van der Waals surface area contributed by atoms with Crippen molar-refractivity contribution in [2.75, 3.05) is 13.2 Å². The van der Waals surface area contributed by atoms with Gasteiger partial charge in [0.25, 0.3) is 0 Å². The van der Waals surface area contributed by atoms with Gasteiger partial charge in [0.1, 0.15) is 11.4 Å². The van der Waals surface area contributed by atoms with Crippen LogP contribution in [-0.4, -0.2) is 36.4 Å². The minimum Gasteiger partial charge on any atom is -0.462 e. The summed E-state index contributed by atoms with van der Waals surface area (Å²) in [4.78, 5) is 38.9. The molecule has 0 radical (unpaired) electrons. The van der Waals surface area contributed by atoms with Crippen LogP contribution in [0.1, 0.15) is 56.9 Å². The number of aromatic amines is 1. The van der Waals surface area contributed by atoms with Crippen molar-refractivity contribution in [1.82, 2.24) is 4.98 Å². The lowest BCUT2D eigenvalue weighted by atomic mass is 10.1. The quantitative estimate of drug-likeness (QED) is 0.0527. The van der Waals surface area contributed by atoms with E-state index in [-0.39, 0.29) is 18.3 Å². The Bertz CT molecular complexity index is 1730. The standard InChI is InChI=1S/C12H12ClN3O2.C12H12ClNO2.C8H7ClO/c1-3-18-12(17)11(15-16-14)7-9-5-4-8(2)6-10(9)13;1-3-16-12(15)11-6-8-9(13)4-7(2)5-10(8)14-11;1-6-2-3-7(5-10)8(9)4-6/h4-7H,3H2,1-2H3;4-6,14H,3H2,1-2H3;2-5H,1H3/b11-7-;;. The van der Waals surface area contributed by atoms with Crippen LogP contribution in [0.25, 0.3) is 27.4 Å². The fourth-order valence-corrected chi connectivity index (χ4v) is 4.55. The van der Waals surface area contributed by atoms with Crippen molar-refractivity contribution in [1.29, 1.82) is 0 Å². The second-order valence-corrected chi connectivity index (χ2v) is 10.4. The van der Waals surface area contributed by atoms with Crippen molar-refractivity contribution in [3.8, 4) is 0 Å². The molecule has 1 heterocycles. The number of carbonyl (C=O) groups is 3. The molecule has 0 saturated carbocycles. The van der Waals surface area contributed by atoms with Gasteiger partial charge in [0.15, 0.2) is 6.29 Å². The Balaban J connectivity index is 0.000000239. The van der Waals surface area contributed by atoms with Crippen LogP contribution in [0, 0.1) is 20.8 Å². The number of aromatic nitrogens is 1. The van der Waals surface area contributed by atoms with Gasteiger partial charge in [-0.25, -0.2) is 9.59 Å². The molecule has 4 rings (SSSR count). The number of nitrogens with zero attached hydrogens (tertiary/aromatic N) is 3. The number of hydrogen-bond acceptors (Lipinski definition) is 6. The largest absolute Gasteiger partial charge is 0.462 e. The number of fused-ring (bicyclic) bond motifs is 1. The Morgan fingerprint density at radius 1 is 0.841 bits per heavy atom. The number of carbonyl (C=O) groups excluding carboxylic acids is 3. The number of halogens is 3. The highest BCUT2D eigenvalue weighted by molar-refractivity contribution is 6.35. The highest BCUT2D eigenvalue weighted by atomic mass is 35.5. The maximum atomic E-state index is 11.5. The zero-order valence-corrected chi connectivity index (χ0v) is 27.0. The molecule has 0 aliphatic heterocycles.